The number of hydrogen-bond donors (Lipinski definition) is 2. The van der Waals surface area contributed by atoms with E-state index in [0.717, 1.165) is 5.69 Å². The van der Waals surface area contributed by atoms with Crippen molar-refractivity contribution < 1.29 is 9.90 Å². The summed E-state index contributed by atoms with van der Waals surface area (Å²) in [6.45, 7) is 5.99. The number of anilines is 1. The fourth-order valence-corrected chi connectivity index (χ4v) is 1.66. The second kappa shape index (κ2) is 5.61. The number of aryl methyl sites for hydroxylation is 1. The number of carbonyl (C=O) groups is 1. The monoisotopic (exact) mass is 237 g/mol. The van der Waals surface area contributed by atoms with Gasteiger partial charge in [0, 0.05) is 18.4 Å². The Bertz CT molecular complexity index is 389. The van der Waals surface area contributed by atoms with E-state index in [-0.39, 0.29) is 0 Å². The molecule has 0 amide bonds. The van der Waals surface area contributed by atoms with E-state index in [1.165, 1.54) is 0 Å². The second-order valence-corrected chi connectivity index (χ2v) is 4.17. The fourth-order valence-electron chi connectivity index (χ4n) is 1.66. The second-order valence-electron chi connectivity index (χ2n) is 4.17. The minimum Gasteiger partial charge on any atom is -0.481 e. The Labute approximate surface area is 101 Å². The van der Waals surface area contributed by atoms with Gasteiger partial charge in [0.05, 0.1) is 5.41 Å². The molecule has 94 valence electrons. The molecule has 0 saturated heterocycles. The van der Waals surface area contributed by atoms with Gasteiger partial charge in [-0.25, -0.2) is 9.97 Å². The Morgan fingerprint density at radius 2 is 2.12 bits per heavy atom. The molecule has 5 nitrogen and oxygen atoms in total. The summed E-state index contributed by atoms with van der Waals surface area (Å²) >= 11 is 0. The van der Waals surface area contributed by atoms with Gasteiger partial charge >= 0.3 is 5.97 Å². The fraction of sp³-hybridized carbons (Fsp3) is 0.583. The van der Waals surface area contributed by atoms with Crippen molar-refractivity contribution in [2.45, 2.75) is 33.6 Å². The van der Waals surface area contributed by atoms with E-state index < -0.39 is 11.4 Å². The van der Waals surface area contributed by atoms with Gasteiger partial charge in [-0.05, 0) is 25.8 Å². The lowest BCUT2D eigenvalue weighted by Gasteiger charge is -2.26. The summed E-state index contributed by atoms with van der Waals surface area (Å²) < 4.78 is 0. The predicted octanol–water partition coefficient (Wildman–Crippen LogP) is 2.09. The van der Waals surface area contributed by atoms with Crippen molar-refractivity contribution in [3.8, 4) is 0 Å². The number of carboxylic acids is 1. The number of nitrogens with one attached hydrogen (secondary N) is 1. The molecule has 0 saturated carbocycles. The molecule has 0 aromatic carbocycles. The summed E-state index contributed by atoms with van der Waals surface area (Å²) in [6, 6.07) is 1.80. The molecule has 0 aliphatic heterocycles. The van der Waals surface area contributed by atoms with Crippen molar-refractivity contribution >= 4 is 11.9 Å². The molecule has 0 aliphatic rings. The zero-order valence-electron chi connectivity index (χ0n) is 10.5. The Morgan fingerprint density at radius 3 is 2.59 bits per heavy atom. The minimum atomic E-state index is -0.775. The quantitative estimate of drug-likeness (QED) is 0.792. The number of hydrogen-bond acceptors (Lipinski definition) is 4. The molecule has 0 aliphatic carbocycles. The van der Waals surface area contributed by atoms with Crippen LogP contribution in [-0.2, 0) is 4.79 Å². The first-order valence-corrected chi connectivity index (χ1v) is 5.81. The van der Waals surface area contributed by atoms with E-state index in [2.05, 4.69) is 15.3 Å². The summed E-state index contributed by atoms with van der Waals surface area (Å²) in [5, 5.41) is 12.3. The van der Waals surface area contributed by atoms with Crippen molar-refractivity contribution in [2.75, 3.05) is 11.9 Å². The molecule has 0 bridgehead atoms. The molecule has 0 fully saturated rings. The third-order valence-corrected chi connectivity index (χ3v) is 3.19. The summed E-state index contributed by atoms with van der Waals surface area (Å²) in [7, 11) is 0. The van der Waals surface area contributed by atoms with Crippen LogP contribution < -0.4 is 5.32 Å². The van der Waals surface area contributed by atoms with E-state index in [4.69, 9.17) is 0 Å². The van der Waals surface area contributed by atoms with Crippen LogP contribution in [0.25, 0.3) is 0 Å². The number of aliphatic carboxylic acids is 1. The molecule has 2 N–H and O–H groups in total. The first kappa shape index (κ1) is 13.4. The highest BCUT2D eigenvalue weighted by Crippen LogP contribution is 2.26. The maximum atomic E-state index is 11.3. The highest BCUT2D eigenvalue weighted by molar-refractivity contribution is 5.75. The van der Waals surface area contributed by atoms with E-state index >= 15 is 0 Å². The van der Waals surface area contributed by atoms with Crippen LogP contribution in [0.4, 0.5) is 5.95 Å². The van der Waals surface area contributed by atoms with Crippen LogP contribution in [-0.4, -0.2) is 27.6 Å². The van der Waals surface area contributed by atoms with E-state index in [0.29, 0.717) is 25.3 Å². The average molecular weight is 237 g/mol. The molecule has 0 radical (unpaired) electrons. The van der Waals surface area contributed by atoms with Gasteiger partial charge in [-0.2, -0.15) is 0 Å². The standard InChI is InChI=1S/C12H19N3O2/c1-4-12(5-2,10(16)17)8-14-11-13-7-6-9(3)15-11/h6-7H,4-5,8H2,1-3H3,(H,16,17)(H,13,14,15). The third kappa shape index (κ3) is 3.15. The van der Waals surface area contributed by atoms with Gasteiger partial charge in [0.1, 0.15) is 0 Å². The topological polar surface area (TPSA) is 75.1 Å². The first-order chi connectivity index (χ1) is 8.04. The summed E-state index contributed by atoms with van der Waals surface area (Å²) in [5.74, 6) is -0.292. The molecular weight excluding hydrogens is 218 g/mol. The summed E-state index contributed by atoms with van der Waals surface area (Å²) in [4.78, 5) is 19.5. The largest absolute Gasteiger partial charge is 0.481 e. The molecule has 5 heteroatoms. The molecule has 1 aromatic heterocycles. The van der Waals surface area contributed by atoms with Gasteiger partial charge in [-0.1, -0.05) is 13.8 Å². The van der Waals surface area contributed by atoms with Gasteiger partial charge < -0.3 is 10.4 Å². The zero-order valence-corrected chi connectivity index (χ0v) is 10.5. The van der Waals surface area contributed by atoms with Crippen LogP contribution in [0.5, 0.6) is 0 Å². The normalized spacial score (nSPS) is 11.2. The molecule has 1 heterocycles. The van der Waals surface area contributed by atoms with Gasteiger partial charge in [-0.15, -0.1) is 0 Å². The Hall–Kier alpha value is -1.65. The van der Waals surface area contributed by atoms with E-state index in [9.17, 15) is 9.90 Å². The summed E-state index contributed by atoms with van der Waals surface area (Å²) in [6.07, 6.45) is 2.82. The molecule has 0 spiro atoms. The smallest absolute Gasteiger partial charge is 0.311 e. The van der Waals surface area contributed by atoms with Gasteiger partial charge in [0.25, 0.3) is 0 Å². The maximum Gasteiger partial charge on any atom is 0.311 e. The van der Waals surface area contributed by atoms with Crippen LogP contribution in [0.3, 0.4) is 0 Å². The Morgan fingerprint density at radius 1 is 1.47 bits per heavy atom. The van der Waals surface area contributed by atoms with Crippen LogP contribution in [0, 0.1) is 12.3 Å². The Kier molecular flexibility index (Phi) is 4.43. The van der Waals surface area contributed by atoms with Crippen molar-refractivity contribution in [3.05, 3.63) is 18.0 Å². The lowest BCUT2D eigenvalue weighted by Crippen LogP contribution is -2.37. The molecule has 0 unspecified atom stereocenters. The molecule has 1 rings (SSSR count). The van der Waals surface area contributed by atoms with Crippen molar-refractivity contribution in [3.63, 3.8) is 0 Å². The number of rotatable bonds is 6. The SMILES string of the molecule is CCC(CC)(CNc1nccc(C)n1)C(=O)O. The van der Waals surface area contributed by atoms with Crippen LogP contribution in [0.1, 0.15) is 32.4 Å². The lowest BCUT2D eigenvalue weighted by atomic mass is 9.82. The number of carboxylic acid groups (broad SMARTS) is 1. The Balaban J connectivity index is 2.74. The van der Waals surface area contributed by atoms with Gasteiger partial charge in [0.2, 0.25) is 5.95 Å². The number of aromatic nitrogens is 2. The zero-order chi connectivity index (χ0) is 12.9. The van der Waals surface area contributed by atoms with Crippen LogP contribution in [0.2, 0.25) is 0 Å². The highest BCUT2D eigenvalue weighted by Gasteiger charge is 2.34. The van der Waals surface area contributed by atoms with Crippen molar-refractivity contribution in [1.29, 1.82) is 0 Å². The third-order valence-electron chi connectivity index (χ3n) is 3.19. The van der Waals surface area contributed by atoms with Gasteiger partial charge in [-0.3, -0.25) is 4.79 Å². The summed E-state index contributed by atoms with van der Waals surface area (Å²) in [5.41, 5.74) is 0.115. The van der Waals surface area contributed by atoms with Crippen LogP contribution in [0.15, 0.2) is 12.3 Å². The molecule has 1 aromatic rings. The van der Waals surface area contributed by atoms with Gasteiger partial charge in [0.15, 0.2) is 0 Å². The van der Waals surface area contributed by atoms with Crippen molar-refractivity contribution in [2.24, 2.45) is 5.41 Å². The molecule has 17 heavy (non-hydrogen) atoms. The van der Waals surface area contributed by atoms with E-state index in [1.807, 2.05) is 20.8 Å². The lowest BCUT2D eigenvalue weighted by molar-refractivity contribution is -0.148. The number of nitrogens with zero attached hydrogens (tertiary/aromatic N) is 2. The minimum absolute atomic E-state index is 0.346. The highest BCUT2D eigenvalue weighted by atomic mass is 16.4. The molecular formula is C12H19N3O2. The van der Waals surface area contributed by atoms with E-state index in [1.54, 1.807) is 12.3 Å². The first-order valence-electron chi connectivity index (χ1n) is 5.81. The predicted molar refractivity (Wildman–Crippen MR) is 65.9 cm³/mol. The van der Waals surface area contributed by atoms with Crippen LogP contribution >= 0.6 is 0 Å². The average Bonchev–Trinajstić information content (AvgIpc) is 2.31. The maximum absolute atomic E-state index is 11.3. The van der Waals surface area contributed by atoms with Crippen molar-refractivity contribution in [1.82, 2.24) is 9.97 Å². The molecule has 0 atom stereocenters.